The van der Waals surface area contributed by atoms with Crippen LogP contribution in [0.5, 0.6) is 0 Å². The molecular weight excluding hydrogens is 250 g/mol. The van der Waals surface area contributed by atoms with Crippen molar-refractivity contribution in [2.75, 3.05) is 19.7 Å². The molecule has 1 aliphatic heterocycles. The Hall–Kier alpha value is -0.710. The summed E-state index contributed by atoms with van der Waals surface area (Å²) in [7, 11) is 0. The number of hydrogen-bond donors (Lipinski definition) is 1. The highest BCUT2D eigenvalue weighted by Gasteiger charge is 2.12. The summed E-state index contributed by atoms with van der Waals surface area (Å²) in [5.41, 5.74) is 0.721. The Balaban J connectivity index is 1.57. The van der Waals surface area contributed by atoms with Crippen molar-refractivity contribution in [1.82, 2.24) is 15.3 Å². The maximum absolute atomic E-state index is 5.90. The van der Waals surface area contributed by atoms with Crippen molar-refractivity contribution in [2.24, 2.45) is 5.92 Å². The van der Waals surface area contributed by atoms with E-state index < -0.39 is 0 Å². The number of ether oxygens (including phenoxy) is 1. The first-order chi connectivity index (χ1) is 8.86. The zero-order valence-corrected chi connectivity index (χ0v) is 11.3. The molecule has 1 fully saturated rings. The van der Waals surface area contributed by atoms with Crippen molar-refractivity contribution in [3.63, 3.8) is 0 Å². The quantitative estimate of drug-likeness (QED) is 0.806. The first-order valence-electron chi connectivity index (χ1n) is 6.60. The van der Waals surface area contributed by atoms with Crippen LogP contribution in [0.2, 0.25) is 5.15 Å². The molecule has 1 aromatic heterocycles. The lowest BCUT2D eigenvalue weighted by atomic mass is 9.95. The Morgan fingerprint density at radius 1 is 1.39 bits per heavy atom. The minimum absolute atomic E-state index is 0.439. The van der Waals surface area contributed by atoms with Gasteiger partial charge in [-0.3, -0.25) is 4.98 Å². The SMILES string of the molecule is Clc1nccnc1COCCCC1CCCNC1. The van der Waals surface area contributed by atoms with E-state index in [-0.39, 0.29) is 0 Å². The van der Waals surface area contributed by atoms with Crippen LogP contribution in [0.1, 0.15) is 31.4 Å². The predicted octanol–water partition coefficient (Wildman–Crippen LogP) is 2.43. The highest BCUT2D eigenvalue weighted by Crippen LogP contribution is 2.16. The van der Waals surface area contributed by atoms with E-state index in [4.69, 9.17) is 16.3 Å². The van der Waals surface area contributed by atoms with Crippen molar-refractivity contribution in [3.8, 4) is 0 Å². The lowest BCUT2D eigenvalue weighted by molar-refractivity contribution is 0.110. The van der Waals surface area contributed by atoms with Crippen LogP contribution in [-0.4, -0.2) is 29.7 Å². The number of nitrogens with one attached hydrogen (secondary N) is 1. The van der Waals surface area contributed by atoms with E-state index in [1.807, 2.05) is 0 Å². The molecule has 1 unspecified atom stereocenters. The second kappa shape index (κ2) is 7.67. The maximum atomic E-state index is 5.90. The highest BCUT2D eigenvalue weighted by atomic mass is 35.5. The molecular formula is C13H20ClN3O. The van der Waals surface area contributed by atoms with Crippen molar-refractivity contribution in [2.45, 2.75) is 32.3 Å². The Morgan fingerprint density at radius 3 is 3.06 bits per heavy atom. The fourth-order valence-electron chi connectivity index (χ4n) is 2.26. The van der Waals surface area contributed by atoms with Gasteiger partial charge >= 0.3 is 0 Å². The molecule has 5 heteroatoms. The zero-order chi connectivity index (χ0) is 12.6. The Kier molecular flexibility index (Phi) is 5.84. The van der Waals surface area contributed by atoms with Crippen LogP contribution in [0, 0.1) is 5.92 Å². The van der Waals surface area contributed by atoms with Crippen LogP contribution in [-0.2, 0) is 11.3 Å². The minimum atomic E-state index is 0.439. The second-order valence-electron chi connectivity index (χ2n) is 4.70. The Morgan fingerprint density at radius 2 is 2.28 bits per heavy atom. The summed E-state index contributed by atoms with van der Waals surface area (Å²) in [4.78, 5) is 8.10. The third kappa shape index (κ3) is 4.52. The van der Waals surface area contributed by atoms with Gasteiger partial charge < -0.3 is 10.1 Å². The molecule has 4 nitrogen and oxygen atoms in total. The zero-order valence-electron chi connectivity index (χ0n) is 10.6. The van der Waals surface area contributed by atoms with Crippen LogP contribution in [0.4, 0.5) is 0 Å². The predicted molar refractivity (Wildman–Crippen MR) is 71.5 cm³/mol. The highest BCUT2D eigenvalue weighted by molar-refractivity contribution is 6.29. The molecule has 0 aliphatic carbocycles. The van der Waals surface area contributed by atoms with E-state index in [1.165, 1.54) is 25.8 Å². The van der Waals surface area contributed by atoms with Crippen molar-refractivity contribution in [1.29, 1.82) is 0 Å². The van der Waals surface area contributed by atoms with E-state index >= 15 is 0 Å². The number of piperidine rings is 1. The summed E-state index contributed by atoms with van der Waals surface area (Å²) in [5, 5.41) is 3.87. The van der Waals surface area contributed by atoms with Gasteiger partial charge in [-0.1, -0.05) is 11.6 Å². The van der Waals surface area contributed by atoms with Crippen LogP contribution in [0.3, 0.4) is 0 Å². The number of aromatic nitrogens is 2. The van der Waals surface area contributed by atoms with Gasteiger partial charge in [-0.25, -0.2) is 4.98 Å². The van der Waals surface area contributed by atoms with Gasteiger partial charge in [-0.2, -0.15) is 0 Å². The van der Waals surface area contributed by atoms with Crippen LogP contribution in [0.15, 0.2) is 12.4 Å². The third-order valence-corrected chi connectivity index (χ3v) is 3.58. The fourth-order valence-corrected chi connectivity index (χ4v) is 2.42. The summed E-state index contributed by atoms with van der Waals surface area (Å²) >= 11 is 5.90. The number of hydrogen-bond acceptors (Lipinski definition) is 4. The maximum Gasteiger partial charge on any atom is 0.152 e. The van der Waals surface area contributed by atoms with Crippen LogP contribution >= 0.6 is 11.6 Å². The van der Waals surface area contributed by atoms with Gasteiger partial charge in [0.1, 0.15) is 5.69 Å². The van der Waals surface area contributed by atoms with E-state index in [2.05, 4.69) is 15.3 Å². The summed E-state index contributed by atoms with van der Waals surface area (Å²) in [6.45, 7) is 3.56. The Bertz CT molecular complexity index is 356. The normalized spacial score (nSPS) is 19.9. The summed E-state index contributed by atoms with van der Waals surface area (Å²) in [5.74, 6) is 0.822. The summed E-state index contributed by atoms with van der Waals surface area (Å²) in [6.07, 6.45) is 8.22. The smallest absolute Gasteiger partial charge is 0.152 e. The molecule has 1 aromatic rings. The molecule has 1 atom stereocenters. The average Bonchev–Trinajstić information content (AvgIpc) is 2.42. The van der Waals surface area contributed by atoms with Gasteiger partial charge in [0.05, 0.1) is 6.61 Å². The van der Waals surface area contributed by atoms with Crippen LogP contribution in [0.25, 0.3) is 0 Å². The lowest BCUT2D eigenvalue weighted by Crippen LogP contribution is -2.29. The lowest BCUT2D eigenvalue weighted by Gasteiger charge is -2.22. The molecule has 18 heavy (non-hydrogen) atoms. The number of halogens is 1. The minimum Gasteiger partial charge on any atom is -0.375 e. The van der Waals surface area contributed by atoms with Gasteiger partial charge in [-0.05, 0) is 44.7 Å². The van der Waals surface area contributed by atoms with E-state index in [9.17, 15) is 0 Å². The summed E-state index contributed by atoms with van der Waals surface area (Å²) < 4.78 is 5.58. The van der Waals surface area contributed by atoms with Crippen molar-refractivity contribution in [3.05, 3.63) is 23.2 Å². The summed E-state index contributed by atoms with van der Waals surface area (Å²) in [6, 6.07) is 0. The van der Waals surface area contributed by atoms with Crippen molar-refractivity contribution < 1.29 is 4.74 Å². The van der Waals surface area contributed by atoms with Crippen LogP contribution < -0.4 is 5.32 Å². The van der Waals surface area contributed by atoms with Crippen molar-refractivity contribution >= 4 is 11.6 Å². The monoisotopic (exact) mass is 269 g/mol. The molecule has 1 N–H and O–H groups in total. The molecule has 0 bridgehead atoms. The van der Waals surface area contributed by atoms with Gasteiger partial charge in [0.15, 0.2) is 5.15 Å². The molecule has 100 valence electrons. The fraction of sp³-hybridized carbons (Fsp3) is 0.692. The number of rotatable bonds is 6. The standard InChI is InChI=1S/C13H20ClN3O/c14-13-12(16-6-7-17-13)10-18-8-2-4-11-3-1-5-15-9-11/h6-7,11,15H,1-5,8-10H2. The molecule has 2 heterocycles. The van der Waals surface area contributed by atoms with E-state index in [0.29, 0.717) is 11.8 Å². The Labute approximate surface area is 113 Å². The molecule has 0 radical (unpaired) electrons. The van der Waals surface area contributed by atoms with Gasteiger partial charge in [0.25, 0.3) is 0 Å². The molecule has 0 amide bonds. The van der Waals surface area contributed by atoms with E-state index in [1.54, 1.807) is 12.4 Å². The molecule has 1 aliphatic rings. The molecule has 2 rings (SSSR count). The third-order valence-electron chi connectivity index (χ3n) is 3.26. The number of nitrogens with zero attached hydrogens (tertiary/aromatic N) is 2. The molecule has 1 saturated heterocycles. The molecule has 0 spiro atoms. The van der Waals surface area contributed by atoms with Gasteiger partial charge in [-0.15, -0.1) is 0 Å². The van der Waals surface area contributed by atoms with Gasteiger partial charge in [0, 0.05) is 19.0 Å². The second-order valence-corrected chi connectivity index (χ2v) is 5.06. The first-order valence-corrected chi connectivity index (χ1v) is 6.98. The topological polar surface area (TPSA) is 47.0 Å². The average molecular weight is 270 g/mol. The van der Waals surface area contributed by atoms with E-state index in [0.717, 1.165) is 31.2 Å². The largest absolute Gasteiger partial charge is 0.375 e. The molecule has 0 saturated carbocycles. The first kappa shape index (κ1) is 13.7. The van der Waals surface area contributed by atoms with Gasteiger partial charge in [0.2, 0.25) is 0 Å². The molecule has 0 aromatic carbocycles.